The van der Waals surface area contributed by atoms with Crippen molar-refractivity contribution in [2.45, 2.75) is 12.6 Å². The van der Waals surface area contributed by atoms with Gasteiger partial charge in [-0.2, -0.15) is 11.3 Å². The van der Waals surface area contributed by atoms with E-state index in [1.165, 1.54) is 11.3 Å². The van der Waals surface area contributed by atoms with Gasteiger partial charge in [-0.05, 0) is 34.5 Å². The van der Waals surface area contributed by atoms with E-state index >= 15 is 0 Å². The zero-order valence-electron chi connectivity index (χ0n) is 10.8. The van der Waals surface area contributed by atoms with Crippen molar-refractivity contribution in [2.75, 3.05) is 6.54 Å². The molecule has 0 aromatic carbocycles. The van der Waals surface area contributed by atoms with Gasteiger partial charge in [-0.3, -0.25) is 0 Å². The third-order valence-corrected chi connectivity index (χ3v) is 4.48. The molecule has 6 heteroatoms. The molecule has 2 amide bonds. The fourth-order valence-corrected chi connectivity index (χ4v) is 3.27. The molecule has 2 aromatic heterocycles. The van der Waals surface area contributed by atoms with E-state index in [9.17, 15) is 9.90 Å². The minimum Gasteiger partial charge on any atom is -0.383 e. The van der Waals surface area contributed by atoms with Gasteiger partial charge < -0.3 is 15.7 Å². The highest BCUT2D eigenvalue weighted by atomic mass is 32.1. The van der Waals surface area contributed by atoms with Crippen LogP contribution in [0, 0.1) is 0 Å². The van der Waals surface area contributed by atoms with Crippen molar-refractivity contribution in [3.63, 3.8) is 0 Å². The molecule has 4 nitrogen and oxygen atoms in total. The average Bonchev–Trinajstić information content (AvgIpc) is 3.12. The largest absolute Gasteiger partial charge is 0.383 e. The molecule has 2 rings (SSSR count). The van der Waals surface area contributed by atoms with Crippen molar-refractivity contribution >= 4 is 28.7 Å². The maximum Gasteiger partial charge on any atom is 0.315 e. The molecule has 0 spiro atoms. The normalized spacial score (nSPS) is 11.8. The maximum absolute atomic E-state index is 11.4. The van der Waals surface area contributed by atoms with Crippen molar-refractivity contribution in [1.82, 2.24) is 10.6 Å². The summed E-state index contributed by atoms with van der Waals surface area (Å²) >= 11 is 3.06. The molecule has 0 radical (unpaired) electrons. The lowest BCUT2D eigenvalue weighted by atomic mass is 10.2. The summed E-state index contributed by atoms with van der Waals surface area (Å²) in [7, 11) is 0. The monoisotopic (exact) mass is 308 g/mol. The summed E-state index contributed by atoms with van der Waals surface area (Å²) < 4.78 is 0. The minimum atomic E-state index is -0.588. The summed E-state index contributed by atoms with van der Waals surface area (Å²) in [6, 6.07) is 5.50. The summed E-state index contributed by atoms with van der Waals surface area (Å²) in [4.78, 5) is 13.3. The van der Waals surface area contributed by atoms with E-state index in [4.69, 9.17) is 0 Å². The number of hydrogen-bond donors (Lipinski definition) is 3. The van der Waals surface area contributed by atoms with E-state index in [-0.39, 0.29) is 6.03 Å². The molecule has 20 heavy (non-hydrogen) atoms. The lowest BCUT2D eigenvalue weighted by Gasteiger charge is -2.06. The van der Waals surface area contributed by atoms with Gasteiger partial charge in [-0.15, -0.1) is 17.9 Å². The lowest BCUT2D eigenvalue weighted by molar-refractivity contribution is 0.224. The van der Waals surface area contributed by atoms with Gasteiger partial charge in [0.2, 0.25) is 0 Å². The topological polar surface area (TPSA) is 61.4 Å². The number of urea groups is 1. The zero-order valence-corrected chi connectivity index (χ0v) is 12.5. The van der Waals surface area contributed by atoms with E-state index in [2.05, 4.69) is 17.2 Å². The maximum atomic E-state index is 11.4. The van der Waals surface area contributed by atoms with Crippen LogP contribution in [-0.4, -0.2) is 17.7 Å². The first kappa shape index (κ1) is 14.8. The predicted molar refractivity (Wildman–Crippen MR) is 83.1 cm³/mol. The van der Waals surface area contributed by atoms with Gasteiger partial charge in [0, 0.05) is 16.3 Å². The second kappa shape index (κ2) is 7.23. The quantitative estimate of drug-likeness (QED) is 0.719. The second-order valence-electron chi connectivity index (χ2n) is 4.12. The number of hydrogen-bond acceptors (Lipinski definition) is 4. The molecule has 2 aromatic rings. The van der Waals surface area contributed by atoms with Gasteiger partial charge in [0.1, 0.15) is 6.10 Å². The summed E-state index contributed by atoms with van der Waals surface area (Å²) in [5.74, 6) is 0. The van der Waals surface area contributed by atoms with E-state index in [1.54, 1.807) is 17.4 Å². The van der Waals surface area contributed by atoms with Crippen LogP contribution in [0.3, 0.4) is 0 Å². The Morgan fingerprint density at radius 3 is 2.95 bits per heavy atom. The fourth-order valence-electron chi connectivity index (χ4n) is 1.63. The molecule has 0 aliphatic heterocycles. The standard InChI is InChI=1S/C14H16N2O2S2/c1-2-6-15-14(18)16-8-11-3-4-12(20-11)13(17)10-5-7-19-9-10/h2-5,7,9,13,17H,1,6,8H2,(H2,15,16,18). The lowest BCUT2D eigenvalue weighted by Crippen LogP contribution is -2.34. The summed E-state index contributed by atoms with van der Waals surface area (Å²) in [5, 5.41) is 19.5. The molecule has 0 fully saturated rings. The smallest absolute Gasteiger partial charge is 0.315 e. The predicted octanol–water partition coefficient (Wildman–Crippen LogP) is 2.88. The van der Waals surface area contributed by atoms with Crippen molar-refractivity contribution in [3.05, 3.63) is 56.9 Å². The first-order chi connectivity index (χ1) is 9.70. The van der Waals surface area contributed by atoms with Crippen molar-refractivity contribution < 1.29 is 9.90 Å². The number of aliphatic hydroxyl groups excluding tert-OH is 1. The Labute approximate surface area is 125 Å². The molecular formula is C14H16N2O2S2. The molecule has 0 saturated heterocycles. The number of nitrogens with one attached hydrogen (secondary N) is 2. The minimum absolute atomic E-state index is 0.224. The van der Waals surface area contributed by atoms with Crippen LogP contribution in [0.5, 0.6) is 0 Å². The summed E-state index contributed by atoms with van der Waals surface area (Å²) in [6.07, 6.45) is 1.04. The Morgan fingerprint density at radius 1 is 1.40 bits per heavy atom. The molecule has 3 N–H and O–H groups in total. The molecule has 0 bridgehead atoms. The fraction of sp³-hybridized carbons (Fsp3) is 0.214. The van der Waals surface area contributed by atoms with Crippen LogP contribution in [0.25, 0.3) is 0 Å². The Kier molecular flexibility index (Phi) is 5.34. The Hall–Kier alpha value is -1.63. The van der Waals surface area contributed by atoms with Crippen molar-refractivity contribution in [2.24, 2.45) is 0 Å². The van der Waals surface area contributed by atoms with Crippen LogP contribution >= 0.6 is 22.7 Å². The molecule has 0 saturated carbocycles. The van der Waals surface area contributed by atoms with Crippen LogP contribution in [0.4, 0.5) is 4.79 Å². The SMILES string of the molecule is C=CCNC(=O)NCc1ccc(C(O)c2ccsc2)s1. The number of rotatable bonds is 6. The molecule has 1 atom stereocenters. The first-order valence-electron chi connectivity index (χ1n) is 6.12. The van der Waals surface area contributed by atoms with Gasteiger partial charge >= 0.3 is 6.03 Å². The first-order valence-corrected chi connectivity index (χ1v) is 7.88. The van der Waals surface area contributed by atoms with Crippen LogP contribution < -0.4 is 10.6 Å². The number of thiophene rings is 2. The van der Waals surface area contributed by atoms with Gasteiger partial charge in [0.25, 0.3) is 0 Å². The molecule has 0 aliphatic carbocycles. The number of aliphatic hydroxyl groups is 1. The zero-order chi connectivity index (χ0) is 14.4. The van der Waals surface area contributed by atoms with E-state index in [0.29, 0.717) is 13.1 Å². The molecule has 106 valence electrons. The number of carbonyl (C=O) groups is 1. The molecule has 0 aliphatic rings. The van der Waals surface area contributed by atoms with Gasteiger partial charge in [0.05, 0.1) is 6.54 Å². The van der Waals surface area contributed by atoms with Crippen LogP contribution in [-0.2, 0) is 6.54 Å². The molecular weight excluding hydrogens is 292 g/mol. The summed E-state index contributed by atoms with van der Waals surface area (Å²) in [5.41, 5.74) is 0.903. The highest BCUT2D eigenvalue weighted by molar-refractivity contribution is 7.12. The molecule has 1 unspecified atom stereocenters. The van der Waals surface area contributed by atoms with Gasteiger partial charge in [-0.25, -0.2) is 4.79 Å². The highest BCUT2D eigenvalue weighted by Gasteiger charge is 2.13. The van der Waals surface area contributed by atoms with E-state index < -0.39 is 6.10 Å². The Bertz CT molecular complexity index is 564. The van der Waals surface area contributed by atoms with E-state index in [0.717, 1.165) is 15.3 Å². The Balaban J connectivity index is 1.89. The third-order valence-electron chi connectivity index (χ3n) is 2.64. The van der Waals surface area contributed by atoms with Crippen molar-refractivity contribution in [1.29, 1.82) is 0 Å². The van der Waals surface area contributed by atoms with Crippen LogP contribution in [0.2, 0.25) is 0 Å². The van der Waals surface area contributed by atoms with E-state index in [1.807, 2.05) is 29.0 Å². The van der Waals surface area contributed by atoms with Crippen LogP contribution in [0.15, 0.2) is 41.6 Å². The highest BCUT2D eigenvalue weighted by Crippen LogP contribution is 2.29. The van der Waals surface area contributed by atoms with Crippen molar-refractivity contribution in [3.8, 4) is 0 Å². The number of carbonyl (C=O) groups excluding carboxylic acids is 1. The van der Waals surface area contributed by atoms with Gasteiger partial charge in [-0.1, -0.05) is 6.08 Å². The average molecular weight is 308 g/mol. The van der Waals surface area contributed by atoms with Gasteiger partial charge in [0.15, 0.2) is 0 Å². The third kappa shape index (κ3) is 3.93. The Morgan fingerprint density at radius 2 is 2.25 bits per heavy atom. The molecule has 2 heterocycles. The number of amides is 2. The second-order valence-corrected chi connectivity index (χ2v) is 6.10. The van der Waals surface area contributed by atoms with Crippen LogP contribution in [0.1, 0.15) is 21.4 Å². The summed E-state index contributed by atoms with van der Waals surface area (Å²) in [6.45, 7) is 4.42.